The minimum Gasteiger partial charge on any atom is -0.485 e. The Kier molecular flexibility index (Phi) is 3.68. The van der Waals surface area contributed by atoms with Crippen LogP contribution in [0.5, 0.6) is 11.5 Å². The monoisotopic (exact) mass is 246 g/mol. The van der Waals surface area contributed by atoms with Crippen molar-refractivity contribution in [3.8, 4) is 17.6 Å². The first-order chi connectivity index (χ1) is 8.72. The van der Waals surface area contributed by atoms with E-state index in [2.05, 4.69) is 0 Å². The molecule has 5 heteroatoms. The van der Waals surface area contributed by atoms with Crippen molar-refractivity contribution in [1.29, 1.82) is 5.26 Å². The van der Waals surface area contributed by atoms with Gasteiger partial charge in [-0.1, -0.05) is 12.1 Å². The normalized spacial score (nSPS) is 16.8. The van der Waals surface area contributed by atoms with Crippen LogP contribution in [0.15, 0.2) is 24.3 Å². The largest absolute Gasteiger partial charge is 0.485 e. The first kappa shape index (κ1) is 12.2. The number of carbonyl (C=O) groups is 1. The number of rotatable bonds is 3. The lowest BCUT2D eigenvalue weighted by Crippen LogP contribution is -2.45. The van der Waals surface area contributed by atoms with Crippen LogP contribution in [0.1, 0.15) is 6.42 Å². The fraction of sp³-hybridized carbons (Fsp3) is 0.385. The van der Waals surface area contributed by atoms with Gasteiger partial charge in [-0.25, -0.2) is 0 Å². The van der Waals surface area contributed by atoms with Crippen LogP contribution in [0, 0.1) is 11.3 Å². The average molecular weight is 246 g/mol. The van der Waals surface area contributed by atoms with Gasteiger partial charge in [-0.3, -0.25) is 4.79 Å². The first-order valence-electron chi connectivity index (χ1n) is 5.73. The molecule has 1 atom stereocenters. The van der Waals surface area contributed by atoms with E-state index in [0.29, 0.717) is 24.5 Å². The highest BCUT2D eigenvalue weighted by atomic mass is 16.6. The van der Waals surface area contributed by atoms with Crippen molar-refractivity contribution < 1.29 is 14.3 Å². The van der Waals surface area contributed by atoms with Gasteiger partial charge < -0.3 is 14.4 Å². The predicted octanol–water partition coefficient (Wildman–Crippen LogP) is 1.20. The van der Waals surface area contributed by atoms with Crippen molar-refractivity contribution >= 4 is 5.91 Å². The van der Waals surface area contributed by atoms with E-state index < -0.39 is 6.10 Å². The highest BCUT2D eigenvalue weighted by Crippen LogP contribution is 2.31. The molecule has 0 saturated carbocycles. The molecule has 1 unspecified atom stereocenters. The summed E-state index contributed by atoms with van der Waals surface area (Å²) < 4.78 is 11.1. The van der Waals surface area contributed by atoms with E-state index in [0.717, 1.165) is 0 Å². The third kappa shape index (κ3) is 2.54. The van der Waals surface area contributed by atoms with Crippen LogP contribution >= 0.6 is 0 Å². The van der Waals surface area contributed by atoms with Crippen LogP contribution in [0.2, 0.25) is 0 Å². The number of amides is 1. The first-order valence-corrected chi connectivity index (χ1v) is 5.73. The van der Waals surface area contributed by atoms with Crippen molar-refractivity contribution in [3.63, 3.8) is 0 Å². The fourth-order valence-corrected chi connectivity index (χ4v) is 1.71. The van der Waals surface area contributed by atoms with E-state index in [4.69, 9.17) is 14.7 Å². The van der Waals surface area contributed by atoms with Crippen LogP contribution in [-0.2, 0) is 4.79 Å². The average Bonchev–Trinajstić information content (AvgIpc) is 2.43. The lowest BCUT2D eigenvalue weighted by Gasteiger charge is -2.28. The third-order valence-electron chi connectivity index (χ3n) is 2.72. The van der Waals surface area contributed by atoms with Gasteiger partial charge in [0.1, 0.15) is 6.61 Å². The maximum absolute atomic E-state index is 12.0. The second-order valence-corrected chi connectivity index (χ2v) is 4.03. The molecule has 0 aliphatic carbocycles. The standard InChI is InChI=1S/C13H14N2O3/c1-15(8-4-7-14)13(16)12-9-17-10-5-2-3-6-11(10)18-12/h2-3,5-6,12H,4,8-9H2,1H3. The number of carbonyl (C=O) groups excluding carboxylic acids is 1. The molecule has 0 radical (unpaired) electrons. The molecule has 1 aromatic carbocycles. The van der Waals surface area contributed by atoms with Gasteiger partial charge in [0.25, 0.3) is 5.91 Å². The molecule has 0 bridgehead atoms. The number of nitriles is 1. The van der Waals surface area contributed by atoms with Crippen LogP contribution in [0.4, 0.5) is 0 Å². The molecule has 5 nitrogen and oxygen atoms in total. The number of benzene rings is 1. The summed E-state index contributed by atoms with van der Waals surface area (Å²) in [6.45, 7) is 0.601. The number of hydrogen-bond donors (Lipinski definition) is 0. The smallest absolute Gasteiger partial charge is 0.267 e. The Morgan fingerprint density at radius 2 is 2.22 bits per heavy atom. The highest BCUT2D eigenvalue weighted by molar-refractivity contribution is 5.81. The van der Waals surface area contributed by atoms with Crippen LogP contribution in [-0.4, -0.2) is 37.1 Å². The van der Waals surface area contributed by atoms with Crippen molar-refractivity contribution in [1.82, 2.24) is 4.90 Å². The molecule has 0 aromatic heterocycles. The number of fused-ring (bicyclic) bond motifs is 1. The van der Waals surface area contributed by atoms with Crippen LogP contribution in [0.3, 0.4) is 0 Å². The van der Waals surface area contributed by atoms with Crippen LogP contribution < -0.4 is 9.47 Å². The van der Waals surface area contributed by atoms with Gasteiger partial charge in [0.2, 0.25) is 6.10 Å². The number of likely N-dealkylation sites (N-methyl/N-ethyl adjacent to an activating group) is 1. The summed E-state index contributed by atoms with van der Waals surface area (Å²) in [5.74, 6) is 1.07. The molecule has 94 valence electrons. The molecular formula is C13H14N2O3. The Balaban J connectivity index is 2.00. The van der Waals surface area contributed by atoms with Gasteiger partial charge >= 0.3 is 0 Å². The number of ether oxygens (including phenoxy) is 2. The second kappa shape index (κ2) is 5.41. The summed E-state index contributed by atoms with van der Waals surface area (Å²) in [5.41, 5.74) is 0. The molecular weight excluding hydrogens is 232 g/mol. The number of hydrogen-bond acceptors (Lipinski definition) is 4. The molecule has 0 spiro atoms. The predicted molar refractivity (Wildman–Crippen MR) is 64.2 cm³/mol. The van der Waals surface area contributed by atoms with Crippen LogP contribution in [0.25, 0.3) is 0 Å². The molecule has 1 aliphatic rings. The Labute approximate surface area is 106 Å². The van der Waals surface area contributed by atoms with Gasteiger partial charge in [-0.2, -0.15) is 5.26 Å². The van der Waals surface area contributed by atoms with Crippen molar-refractivity contribution in [3.05, 3.63) is 24.3 Å². The van der Waals surface area contributed by atoms with E-state index >= 15 is 0 Å². The molecule has 0 N–H and O–H groups in total. The van der Waals surface area contributed by atoms with Gasteiger partial charge in [0.05, 0.1) is 12.5 Å². The Morgan fingerprint density at radius 3 is 2.94 bits per heavy atom. The molecule has 0 fully saturated rings. The van der Waals surface area contributed by atoms with E-state index in [1.807, 2.05) is 18.2 Å². The summed E-state index contributed by atoms with van der Waals surface area (Å²) >= 11 is 0. The van der Waals surface area contributed by atoms with Gasteiger partial charge in [-0.05, 0) is 12.1 Å². The van der Waals surface area contributed by atoms with Gasteiger partial charge in [-0.15, -0.1) is 0 Å². The summed E-state index contributed by atoms with van der Waals surface area (Å²) in [7, 11) is 1.66. The number of para-hydroxylation sites is 2. The third-order valence-corrected chi connectivity index (χ3v) is 2.72. The SMILES string of the molecule is CN(CCC#N)C(=O)C1COc2ccccc2O1. The van der Waals surface area contributed by atoms with E-state index in [9.17, 15) is 4.79 Å². The minimum atomic E-state index is -0.636. The molecule has 18 heavy (non-hydrogen) atoms. The number of nitrogens with zero attached hydrogens (tertiary/aromatic N) is 2. The molecule has 1 aromatic rings. The summed E-state index contributed by atoms with van der Waals surface area (Å²) in [5, 5.41) is 8.49. The lowest BCUT2D eigenvalue weighted by molar-refractivity contribution is -0.139. The Bertz CT molecular complexity index is 481. The Hall–Kier alpha value is -2.22. The molecule has 1 amide bonds. The van der Waals surface area contributed by atoms with Gasteiger partial charge in [0, 0.05) is 13.6 Å². The van der Waals surface area contributed by atoms with Gasteiger partial charge in [0.15, 0.2) is 11.5 Å². The molecule has 0 saturated heterocycles. The second-order valence-electron chi connectivity index (χ2n) is 4.03. The topological polar surface area (TPSA) is 62.6 Å². The summed E-state index contributed by atoms with van der Waals surface area (Å²) in [6.07, 6.45) is -0.324. The van der Waals surface area contributed by atoms with E-state index in [1.54, 1.807) is 19.2 Å². The van der Waals surface area contributed by atoms with Crippen molar-refractivity contribution in [2.24, 2.45) is 0 Å². The molecule has 1 aliphatic heterocycles. The minimum absolute atomic E-state index is 0.167. The van der Waals surface area contributed by atoms with Crippen molar-refractivity contribution in [2.45, 2.75) is 12.5 Å². The summed E-state index contributed by atoms with van der Waals surface area (Å²) in [6, 6.07) is 9.25. The molecule has 1 heterocycles. The maximum atomic E-state index is 12.0. The molecule has 2 rings (SSSR count). The van der Waals surface area contributed by atoms with Crippen molar-refractivity contribution in [2.75, 3.05) is 20.2 Å². The fourth-order valence-electron chi connectivity index (χ4n) is 1.71. The Morgan fingerprint density at radius 1 is 1.50 bits per heavy atom. The zero-order valence-electron chi connectivity index (χ0n) is 10.1. The quantitative estimate of drug-likeness (QED) is 0.804. The lowest BCUT2D eigenvalue weighted by atomic mass is 10.2. The zero-order valence-corrected chi connectivity index (χ0v) is 10.1. The summed E-state index contributed by atoms with van der Waals surface area (Å²) in [4.78, 5) is 13.5. The zero-order chi connectivity index (χ0) is 13.0. The highest BCUT2D eigenvalue weighted by Gasteiger charge is 2.29. The maximum Gasteiger partial charge on any atom is 0.267 e. The van der Waals surface area contributed by atoms with E-state index in [-0.39, 0.29) is 12.5 Å². The van der Waals surface area contributed by atoms with E-state index in [1.165, 1.54) is 4.90 Å².